The van der Waals surface area contributed by atoms with Crippen LogP contribution in [0.1, 0.15) is 66.2 Å². The van der Waals surface area contributed by atoms with Gasteiger partial charge >= 0.3 is 0 Å². The lowest BCUT2D eigenvalue weighted by Crippen LogP contribution is -2.45. The maximum absolute atomic E-state index is 11.9. The fourth-order valence-electron chi connectivity index (χ4n) is 2.98. The first kappa shape index (κ1) is 15.5. The summed E-state index contributed by atoms with van der Waals surface area (Å²) in [6, 6.07) is -0.0203. The Morgan fingerprint density at radius 3 is 2.50 bits per heavy atom. The number of rotatable bonds is 4. The summed E-state index contributed by atoms with van der Waals surface area (Å²) in [5.74, 6) is 0.489. The van der Waals surface area contributed by atoms with Gasteiger partial charge < -0.3 is 10.4 Å². The molecular weight excluding hydrogens is 226 g/mol. The molecule has 18 heavy (non-hydrogen) atoms. The van der Waals surface area contributed by atoms with E-state index in [0.29, 0.717) is 12.3 Å². The second-order valence-corrected chi connectivity index (χ2v) is 7.10. The smallest absolute Gasteiger partial charge is 0.220 e. The van der Waals surface area contributed by atoms with Gasteiger partial charge in [-0.3, -0.25) is 4.79 Å². The third-order valence-electron chi connectivity index (χ3n) is 3.57. The van der Waals surface area contributed by atoms with Crippen molar-refractivity contribution in [2.45, 2.75) is 78.4 Å². The molecule has 1 unspecified atom stereocenters. The first-order chi connectivity index (χ1) is 8.28. The van der Waals surface area contributed by atoms with E-state index in [1.165, 1.54) is 0 Å². The summed E-state index contributed by atoms with van der Waals surface area (Å²) < 4.78 is 0. The third-order valence-corrected chi connectivity index (χ3v) is 3.57. The molecule has 1 rings (SSSR count). The summed E-state index contributed by atoms with van der Waals surface area (Å²) >= 11 is 0. The van der Waals surface area contributed by atoms with Crippen LogP contribution in [0, 0.1) is 11.3 Å². The molecule has 1 aliphatic carbocycles. The van der Waals surface area contributed by atoms with Crippen LogP contribution in [0.2, 0.25) is 0 Å². The van der Waals surface area contributed by atoms with E-state index < -0.39 is 0 Å². The lowest BCUT2D eigenvalue weighted by Gasteiger charge is -2.29. The lowest BCUT2D eigenvalue weighted by molar-refractivity contribution is -0.124. The minimum absolute atomic E-state index is 0.0203. The number of hydrogen-bond acceptors (Lipinski definition) is 2. The van der Waals surface area contributed by atoms with Crippen molar-refractivity contribution in [2.75, 3.05) is 0 Å². The maximum atomic E-state index is 11.9. The Balaban J connectivity index is 2.32. The van der Waals surface area contributed by atoms with Gasteiger partial charge in [0.15, 0.2) is 0 Å². The van der Waals surface area contributed by atoms with E-state index in [0.717, 1.165) is 32.1 Å². The van der Waals surface area contributed by atoms with Crippen molar-refractivity contribution in [3.8, 4) is 0 Å². The monoisotopic (exact) mass is 255 g/mol. The number of amides is 1. The fourth-order valence-corrected chi connectivity index (χ4v) is 2.98. The largest absolute Gasteiger partial charge is 0.391 e. The molecule has 0 aromatic heterocycles. The first-order valence-corrected chi connectivity index (χ1v) is 7.25. The quantitative estimate of drug-likeness (QED) is 0.811. The fraction of sp³-hybridized carbons (Fsp3) is 0.933. The standard InChI is InChI=1S/C15H29NO2/c1-11(10-15(2,3)4)9-14(18)16-12-7-5-6-8-13(12)17/h11-13,17H,5-10H2,1-4H3,(H,16,18)/t11?,12-,13-/m0/s1. The van der Waals surface area contributed by atoms with Gasteiger partial charge in [0, 0.05) is 6.42 Å². The molecule has 2 N–H and O–H groups in total. The van der Waals surface area contributed by atoms with Crippen LogP contribution >= 0.6 is 0 Å². The Bertz CT molecular complexity index is 270. The second-order valence-electron chi connectivity index (χ2n) is 7.10. The topological polar surface area (TPSA) is 49.3 Å². The van der Waals surface area contributed by atoms with Gasteiger partial charge in [-0.05, 0) is 30.6 Å². The summed E-state index contributed by atoms with van der Waals surface area (Å²) in [5, 5.41) is 12.8. The van der Waals surface area contributed by atoms with Crippen LogP contribution in [0.15, 0.2) is 0 Å². The highest BCUT2D eigenvalue weighted by Gasteiger charge is 2.25. The highest BCUT2D eigenvalue weighted by Crippen LogP contribution is 2.26. The summed E-state index contributed by atoms with van der Waals surface area (Å²) in [4.78, 5) is 11.9. The van der Waals surface area contributed by atoms with Gasteiger partial charge in [0.2, 0.25) is 5.91 Å². The van der Waals surface area contributed by atoms with E-state index in [1.54, 1.807) is 0 Å². The molecule has 1 aliphatic rings. The summed E-state index contributed by atoms with van der Waals surface area (Å²) in [5.41, 5.74) is 0.268. The predicted molar refractivity (Wildman–Crippen MR) is 74.3 cm³/mol. The molecule has 0 spiro atoms. The third kappa shape index (κ3) is 5.85. The molecule has 3 nitrogen and oxygen atoms in total. The zero-order chi connectivity index (χ0) is 13.8. The molecule has 0 aromatic carbocycles. The summed E-state index contributed by atoms with van der Waals surface area (Å²) in [7, 11) is 0. The second kappa shape index (κ2) is 6.55. The number of aliphatic hydroxyl groups is 1. The molecule has 3 heteroatoms. The van der Waals surface area contributed by atoms with Crippen LogP contribution in [0.3, 0.4) is 0 Å². The molecule has 1 saturated carbocycles. The van der Waals surface area contributed by atoms with Gasteiger partial charge in [-0.25, -0.2) is 0 Å². The zero-order valence-corrected chi connectivity index (χ0v) is 12.3. The Kier molecular flexibility index (Phi) is 5.64. The van der Waals surface area contributed by atoms with E-state index in [2.05, 4.69) is 33.0 Å². The Labute approximate surface area is 111 Å². The summed E-state index contributed by atoms with van der Waals surface area (Å²) in [6.45, 7) is 8.73. The Hall–Kier alpha value is -0.570. The van der Waals surface area contributed by atoms with Gasteiger partial charge in [0.25, 0.3) is 0 Å². The van der Waals surface area contributed by atoms with E-state index in [1.807, 2.05) is 0 Å². The van der Waals surface area contributed by atoms with Gasteiger partial charge in [0.05, 0.1) is 12.1 Å². The van der Waals surface area contributed by atoms with Crippen molar-refractivity contribution in [1.82, 2.24) is 5.32 Å². The number of nitrogens with one attached hydrogen (secondary N) is 1. The van der Waals surface area contributed by atoms with Crippen molar-refractivity contribution in [2.24, 2.45) is 11.3 Å². The first-order valence-electron chi connectivity index (χ1n) is 7.25. The number of carbonyl (C=O) groups excluding carboxylic acids is 1. The van der Waals surface area contributed by atoms with Crippen LogP contribution in [0.4, 0.5) is 0 Å². The van der Waals surface area contributed by atoms with E-state index >= 15 is 0 Å². The van der Waals surface area contributed by atoms with Crippen molar-refractivity contribution >= 4 is 5.91 Å². The van der Waals surface area contributed by atoms with Gasteiger partial charge in [-0.15, -0.1) is 0 Å². The highest BCUT2D eigenvalue weighted by atomic mass is 16.3. The molecule has 0 aliphatic heterocycles. The van der Waals surface area contributed by atoms with Crippen molar-refractivity contribution < 1.29 is 9.90 Å². The van der Waals surface area contributed by atoms with E-state index in [9.17, 15) is 9.90 Å². The zero-order valence-electron chi connectivity index (χ0n) is 12.3. The minimum Gasteiger partial charge on any atom is -0.391 e. The average molecular weight is 255 g/mol. The van der Waals surface area contributed by atoms with E-state index in [-0.39, 0.29) is 23.5 Å². The Morgan fingerprint density at radius 2 is 1.94 bits per heavy atom. The van der Waals surface area contributed by atoms with Crippen molar-refractivity contribution in [3.63, 3.8) is 0 Å². The number of aliphatic hydroxyl groups excluding tert-OH is 1. The molecule has 3 atom stereocenters. The summed E-state index contributed by atoms with van der Waals surface area (Å²) in [6.07, 6.45) is 5.20. The predicted octanol–water partition coefficient (Wildman–Crippen LogP) is 2.87. The van der Waals surface area contributed by atoms with Crippen LogP contribution in [0.25, 0.3) is 0 Å². The van der Waals surface area contributed by atoms with Crippen LogP contribution in [-0.4, -0.2) is 23.2 Å². The molecule has 1 amide bonds. The van der Waals surface area contributed by atoms with Crippen molar-refractivity contribution in [1.29, 1.82) is 0 Å². The average Bonchev–Trinajstić information content (AvgIpc) is 2.18. The Morgan fingerprint density at radius 1 is 1.33 bits per heavy atom. The van der Waals surface area contributed by atoms with Gasteiger partial charge in [0.1, 0.15) is 0 Å². The molecule has 1 fully saturated rings. The molecule has 0 bridgehead atoms. The van der Waals surface area contributed by atoms with Crippen LogP contribution < -0.4 is 5.32 Å². The van der Waals surface area contributed by atoms with E-state index in [4.69, 9.17) is 0 Å². The van der Waals surface area contributed by atoms with Crippen LogP contribution in [-0.2, 0) is 4.79 Å². The van der Waals surface area contributed by atoms with Crippen molar-refractivity contribution in [3.05, 3.63) is 0 Å². The molecule has 0 saturated heterocycles. The molecule has 106 valence electrons. The molecule has 0 radical (unpaired) electrons. The van der Waals surface area contributed by atoms with Gasteiger partial charge in [-0.2, -0.15) is 0 Å². The maximum Gasteiger partial charge on any atom is 0.220 e. The SMILES string of the molecule is CC(CC(=O)N[C@H]1CCCC[C@@H]1O)CC(C)(C)C. The molecule has 0 heterocycles. The van der Waals surface area contributed by atoms with Gasteiger partial charge in [-0.1, -0.05) is 40.5 Å². The molecular formula is C15H29NO2. The van der Waals surface area contributed by atoms with Crippen LogP contribution in [0.5, 0.6) is 0 Å². The lowest BCUT2D eigenvalue weighted by atomic mass is 9.84. The normalized spacial score (nSPS) is 26.7. The number of hydrogen-bond donors (Lipinski definition) is 2. The highest BCUT2D eigenvalue weighted by molar-refractivity contribution is 5.76. The molecule has 0 aromatic rings. The minimum atomic E-state index is -0.347. The number of carbonyl (C=O) groups is 1.